The Morgan fingerprint density at radius 1 is 1.35 bits per heavy atom. The van der Waals surface area contributed by atoms with Gasteiger partial charge in [0.1, 0.15) is 5.76 Å². The van der Waals surface area contributed by atoms with Crippen molar-refractivity contribution in [1.29, 1.82) is 0 Å². The molecule has 2 aromatic heterocycles. The highest BCUT2D eigenvalue weighted by Gasteiger charge is 2.12. The molecule has 0 radical (unpaired) electrons. The molecule has 26 heavy (non-hydrogen) atoms. The van der Waals surface area contributed by atoms with Crippen LogP contribution in [0.15, 0.2) is 40.0 Å². The van der Waals surface area contributed by atoms with E-state index in [9.17, 15) is 4.79 Å². The van der Waals surface area contributed by atoms with Crippen LogP contribution >= 0.6 is 35.0 Å². The average Bonchev–Trinajstić information content (AvgIpc) is 3.15. The van der Waals surface area contributed by atoms with Crippen LogP contribution in [0.25, 0.3) is 0 Å². The van der Waals surface area contributed by atoms with Gasteiger partial charge in [-0.25, -0.2) is 0 Å². The summed E-state index contributed by atoms with van der Waals surface area (Å²) in [7, 11) is 0. The monoisotopic (exact) mass is 410 g/mol. The van der Waals surface area contributed by atoms with E-state index in [0.717, 1.165) is 21.9 Å². The van der Waals surface area contributed by atoms with E-state index in [1.807, 2.05) is 13.8 Å². The molecule has 136 valence electrons. The maximum atomic E-state index is 12.1. The van der Waals surface area contributed by atoms with Crippen molar-refractivity contribution in [2.45, 2.75) is 25.3 Å². The van der Waals surface area contributed by atoms with Crippen molar-refractivity contribution in [2.24, 2.45) is 0 Å². The number of hydrogen-bond donors (Lipinski definition) is 1. The minimum Gasteiger partial charge on any atom is -0.361 e. The molecule has 1 N–H and O–H groups in total. The zero-order valence-corrected chi connectivity index (χ0v) is 16.5. The number of halogens is 2. The molecule has 0 saturated heterocycles. The minimum absolute atomic E-state index is 0.141. The van der Waals surface area contributed by atoms with Gasteiger partial charge < -0.3 is 9.84 Å². The molecular formula is C17H16Cl2N4O2S. The van der Waals surface area contributed by atoms with Crippen LogP contribution in [0.2, 0.25) is 10.0 Å². The maximum absolute atomic E-state index is 12.1. The Bertz CT molecular complexity index is 919. The molecule has 0 spiro atoms. The first kappa shape index (κ1) is 18.8. The molecule has 9 heteroatoms. The molecule has 1 amide bonds. The molecule has 0 aliphatic carbocycles. The van der Waals surface area contributed by atoms with Gasteiger partial charge in [-0.1, -0.05) is 28.4 Å². The van der Waals surface area contributed by atoms with E-state index in [0.29, 0.717) is 22.3 Å². The Hall–Kier alpha value is -1.96. The summed E-state index contributed by atoms with van der Waals surface area (Å²) < 4.78 is 6.87. The van der Waals surface area contributed by atoms with Gasteiger partial charge in [0.2, 0.25) is 5.91 Å². The second kappa shape index (κ2) is 8.16. The van der Waals surface area contributed by atoms with Crippen molar-refractivity contribution in [2.75, 3.05) is 11.1 Å². The SMILES string of the molecule is Cc1noc(C)c1Cn1cc(NC(=O)CSc2ccc(Cl)cc2Cl)cn1. The summed E-state index contributed by atoms with van der Waals surface area (Å²) >= 11 is 13.3. The van der Waals surface area contributed by atoms with Crippen molar-refractivity contribution in [3.05, 3.63) is 57.7 Å². The third kappa shape index (κ3) is 4.60. The minimum atomic E-state index is -0.141. The number of nitrogens with zero attached hydrogens (tertiary/aromatic N) is 3. The van der Waals surface area contributed by atoms with E-state index in [1.54, 1.807) is 35.3 Å². The van der Waals surface area contributed by atoms with Gasteiger partial charge in [-0.2, -0.15) is 5.10 Å². The lowest BCUT2D eigenvalue weighted by Crippen LogP contribution is -2.13. The van der Waals surface area contributed by atoms with Crippen LogP contribution < -0.4 is 5.32 Å². The van der Waals surface area contributed by atoms with Crippen LogP contribution in [0.5, 0.6) is 0 Å². The molecule has 0 saturated carbocycles. The van der Waals surface area contributed by atoms with Crippen LogP contribution in [0.1, 0.15) is 17.0 Å². The number of thioether (sulfide) groups is 1. The lowest BCUT2D eigenvalue weighted by molar-refractivity contribution is -0.113. The predicted octanol–water partition coefficient (Wildman–Crippen LogP) is 4.57. The third-order valence-electron chi connectivity index (χ3n) is 3.67. The van der Waals surface area contributed by atoms with Crippen LogP contribution in [0, 0.1) is 13.8 Å². The van der Waals surface area contributed by atoms with Gasteiger partial charge in [-0.3, -0.25) is 9.48 Å². The van der Waals surface area contributed by atoms with E-state index in [1.165, 1.54) is 11.8 Å². The molecule has 2 heterocycles. The Labute approximate surface area is 164 Å². The number of benzene rings is 1. The van der Waals surface area contributed by atoms with Gasteiger partial charge in [0, 0.05) is 21.7 Å². The summed E-state index contributed by atoms with van der Waals surface area (Å²) in [5.41, 5.74) is 2.45. The molecule has 3 rings (SSSR count). The number of rotatable bonds is 6. The molecule has 0 fully saturated rings. The van der Waals surface area contributed by atoms with E-state index in [-0.39, 0.29) is 11.7 Å². The van der Waals surface area contributed by atoms with Crippen LogP contribution in [0.3, 0.4) is 0 Å². The first-order valence-corrected chi connectivity index (χ1v) is 9.48. The molecule has 0 unspecified atom stereocenters. The number of anilines is 1. The van der Waals surface area contributed by atoms with E-state index < -0.39 is 0 Å². The lowest BCUT2D eigenvalue weighted by Gasteiger charge is -2.05. The van der Waals surface area contributed by atoms with Crippen molar-refractivity contribution in [3.8, 4) is 0 Å². The Morgan fingerprint density at radius 3 is 2.85 bits per heavy atom. The summed E-state index contributed by atoms with van der Waals surface area (Å²) in [6.07, 6.45) is 3.37. The van der Waals surface area contributed by atoms with Crippen molar-refractivity contribution in [1.82, 2.24) is 14.9 Å². The molecular weight excluding hydrogens is 395 g/mol. The zero-order chi connectivity index (χ0) is 18.7. The second-order valence-corrected chi connectivity index (χ2v) is 7.50. The predicted molar refractivity (Wildman–Crippen MR) is 103 cm³/mol. The summed E-state index contributed by atoms with van der Waals surface area (Å²) in [4.78, 5) is 12.9. The highest BCUT2D eigenvalue weighted by Crippen LogP contribution is 2.29. The smallest absolute Gasteiger partial charge is 0.234 e. The molecule has 0 aliphatic rings. The van der Waals surface area contributed by atoms with Gasteiger partial charge in [0.05, 0.1) is 34.9 Å². The van der Waals surface area contributed by atoms with Crippen molar-refractivity contribution in [3.63, 3.8) is 0 Å². The first-order valence-electron chi connectivity index (χ1n) is 7.74. The second-order valence-electron chi connectivity index (χ2n) is 5.64. The van der Waals surface area contributed by atoms with E-state index in [2.05, 4.69) is 15.6 Å². The van der Waals surface area contributed by atoms with Gasteiger partial charge in [-0.05, 0) is 32.0 Å². The van der Waals surface area contributed by atoms with Gasteiger partial charge in [0.15, 0.2) is 0 Å². The molecule has 6 nitrogen and oxygen atoms in total. The first-order chi connectivity index (χ1) is 12.4. The zero-order valence-electron chi connectivity index (χ0n) is 14.1. The number of aryl methyl sites for hydroxylation is 2. The maximum Gasteiger partial charge on any atom is 0.234 e. The number of carbonyl (C=O) groups is 1. The highest BCUT2D eigenvalue weighted by molar-refractivity contribution is 8.00. The summed E-state index contributed by atoms with van der Waals surface area (Å²) in [5, 5.41) is 12.1. The number of nitrogens with one attached hydrogen (secondary N) is 1. The molecule has 3 aromatic rings. The summed E-state index contributed by atoms with van der Waals surface area (Å²) in [6.45, 7) is 4.28. The van der Waals surface area contributed by atoms with E-state index >= 15 is 0 Å². The molecule has 0 bridgehead atoms. The fourth-order valence-electron chi connectivity index (χ4n) is 2.34. The quantitative estimate of drug-likeness (QED) is 0.602. The van der Waals surface area contributed by atoms with Crippen LogP contribution in [-0.4, -0.2) is 26.6 Å². The topological polar surface area (TPSA) is 73.0 Å². The molecule has 0 atom stereocenters. The van der Waals surface area contributed by atoms with Crippen LogP contribution in [0.4, 0.5) is 5.69 Å². The summed E-state index contributed by atoms with van der Waals surface area (Å²) in [6, 6.07) is 5.19. The fraction of sp³-hybridized carbons (Fsp3) is 0.235. The normalized spacial score (nSPS) is 10.9. The molecule has 0 aliphatic heterocycles. The number of carbonyl (C=O) groups excluding carboxylic acids is 1. The third-order valence-corrected chi connectivity index (χ3v) is 5.40. The van der Waals surface area contributed by atoms with E-state index in [4.69, 9.17) is 27.7 Å². The lowest BCUT2D eigenvalue weighted by atomic mass is 10.2. The number of amides is 1. The van der Waals surface area contributed by atoms with Crippen molar-refractivity contribution < 1.29 is 9.32 Å². The van der Waals surface area contributed by atoms with Gasteiger partial charge >= 0.3 is 0 Å². The molecule has 1 aromatic carbocycles. The Kier molecular flexibility index (Phi) is 5.90. The van der Waals surface area contributed by atoms with Crippen molar-refractivity contribution >= 4 is 46.6 Å². The number of hydrogen-bond acceptors (Lipinski definition) is 5. The fourth-order valence-corrected chi connectivity index (χ4v) is 3.63. The van der Waals surface area contributed by atoms with Gasteiger partial charge in [0.25, 0.3) is 0 Å². The average molecular weight is 411 g/mol. The van der Waals surface area contributed by atoms with Crippen LogP contribution in [-0.2, 0) is 11.3 Å². The van der Waals surface area contributed by atoms with Gasteiger partial charge in [-0.15, -0.1) is 11.8 Å². The Morgan fingerprint density at radius 2 is 2.15 bits per heavy atom. The number of aromatic nitrogens is 3. The standard InChI is InChI=1S/C17H16Cl2N4O2S/c1-10-14(11(2)25-22-10)8-23-7-13(6-20-23)21-17(24)9-26-16-4-3-12(18)5-15(16)19/h3-7H,8-9H2,1-2H3,(H,21,24). The highest BCUT2D eigenvalue weighted by atomic mass is 35.5. The Balaban J connectivity index is 1.56. The summed E-state index contributed by atoms with van der Waals surface area (Å²) in [5.74, 6) is 0.855. The largest absolute Gasteiger partial charge is 0.361 e.